The van der Waals surface area contributed by atoms with Crippen LogP contribution in [-0.2, 0) is 12.8 Å². The summed E-state index contributed by atoms with van der Waals surface area (Å²) in [5.74, 6) is 0.484. The van der Waals surface area contributed by atoms with Gasteiger partial charge < -0.3 is 10.2 Å². The minimum absolute atomic E-state index is 0.0731. The van der Waals surface area contributed by atoms with E-state index in [2.05, 4.69) is 15.2 Å². The third kappa shape index (κ3) is 1.13. The van der Waals surface area contributed by atoms with Crippen molar-refractivity contribution in [2.75, 3.05) is 0 Å². The Labute approximate surface area is 91.6 Å². The molecule has 0 amide bonds. The molecule has 3 rings (SSSR count). The number of fused-ring (bicyclic) bond motifs is 1. The van der Waals surface area contributed by atoms with Crippen LogP contribution < -0.4 is 0 Å². The summed E-state index contributed by atoms with van der Waals surface area (Å²) in [6, 6.07) is 0. The molecule has 2 aromatic rings. The van der Waals surface area contributed by atoms with Crippen molar-refractivity contribution < 1.29 is 10.2 Å². The Morgan fingerprint density at radius 1 is 1.12 bits per heavy atom. The summed E-state index contributed by atoms with van der Waals surface area (Å²) in [5.41, 5.74) is 1.67. The van der Waals surface area contributed by atoms with Crippen LogP contribution in [0.15, 0.2) is 6.33 Å². The Bertz CT molecular complexity index is 486. The van der Waals surface area contributed by atoms with E-state index in [1.54, 1.807) is 0 Å². The van der Waals surface area contributed by atoms with Crippen LogP contribution in [0.5, 0.6) is 11.8 Å². The second-order valence-electron chi connectivity index (χ2n) is 3.96. The maximum atomic E-state index is 10.0. The van der Waals surface area contributed by atoms with E-state index in [9.17, 15) is 10.2 Å². The average molecular weight is 220 g/mol. The maximum absolute atomic E-state index is 10.0. The Kier molecular flexibility index (Phi) is 1.89. The normalized spacial score (nSPS) is 15.0. The minimum atomic E-state index is 0.0731. The Morgan fingerprint density at radius 3 is 2.25 bits per heavy atom. The summed E-state index contributed by atoms with van der Waals surface area (Å²) < 4.78 is 1.31. The van der Waals surface area contributed by atoms with Crippen LogP contribution in [0.1, 0.15) is 24.0 Å². The summed E-state index contributed by atoms with van der Waals surface area (Å²) in [7, 11) is 0. The van der Waals surface area contributed by atoms with Gasteiger partial charge in [0.05, 0.1) is 0 Å². The Hall–Kier alpha value is -1.98. The highest BCUT2D eigenvalue weighted by Gasteiger charge is 2.26. The second kappa shape index (κ2) is 3.26. The first-order chi connectivity index (χ1) is 7.79. The van der Waals surface area contributed by atoms with Crippen LogP contribution >= 0.6 is 0 Å². The molecule has 2 heterocycles. The van der Waals surface area contributed by atoms with Crippen LogP contribution in [0.2, 0.25) is 0 Å². The van der Waals surface area contributed by atoms with Crippen LogP contribution in [0.25, 0.3) is 5.95 Å². The molecule has 0 saturated carbocycles. The molecule has 0 atom stereocenters. The van der Waals surface area contributed by atoms with Crippen molar-refractivity contribution in [1.29, 1.82) is 0 Å². The van der Waals surface area contributed by atoms with E-state index in [0.717, 1.165) is 36.8 Å². The molecular formula is C10H12N4O2. The molecule has 0 unspecified atom stereocenters. The summed E-state index contributed by atoms with van der Waals surface area (Å²) in [4.78, 5) is 3.93. The summed E-state index contributed by atoms with van der Waals surface area (Å²) in [5, 5.41) is 26.4. The van der Waals surface area contributed by atoms with Gasteiger partial charge in [-0.1, -0.05) is 0 Å². The van der Waals surface area contributed by atoms with E-state index >= 15 is 0 Å². The number of hydrogen-bond acceptors (Lipinski definition) is 4. The number of aromatic amines is 1. The number of aromatic hydroxyl groups is 2. The first kappa shape index (κ1) is 9.26. The van der Waals surface area contributed by atoms with E-state index in [0.29, 0.717) is 5.95 Å². The first-order valence-corrected chi connectivity index (χ1v) is 5.29. The molecule has 16 heavy (non-hydrogen) atoms. The fraction of sp³-hybridized carbons (Fsp3) is 0.400. The quantitative estimate of drug-likeness (QED) is 0.666. The lowest BCUT2D eigenvalue weighted by atomic mass is 9.95. The summed E-state index contributed by atoms with van der Waals surface area (Å²) in [6.45, 7) is 0. The van der Waals surface area contributed by atoms with Crippen molar-refractivity contribution in [2.45, 2.75) is 25.7 Å². The number of H-pyrrole nitrogens is 1. The number of nitrogens with one attached hydrogen (secondary N) is 1. The second-order valence-corrected chi connectivity index (χ2v) is 3.96. The SMILES string of the molecule is Oc1c2c(c(O)n1-c1ncn[nH]1)CCCC2. The highest BCUT2D eigenvalue weighted by molar-refractivity contribution is 5.50. The highest BCUT2D eigenvalue weighted by atomic mass is 16.3. The lowest BCUT2D eigenvalue weighted by molar-refractivity contribution is 0.396. The van der Waals surface area contributed by atoms with Crippen molar-refractivity contribution in [3.8, 4) is 17.7 Å². The van der Waals surface area contributed by atoms with Crippen molar-refractivity contribution in [3.63, 3.8) is 0 Å². The molecule has 0 bridgehead atoms. The van der Waals surface area contributed by atoms with Gasteiger partial charge in [0.25, 0.3) is 0 Å². The van der Waals surface area contributed by atoms with Gasteiger partial charge in [-0.15, -0.1) is 0 Å². The van der Waals surface area contributed by atoms with Crippen molar-refractivity contribution in [1.82, 2.24) is 19.7 Å². The maximum Gasteiger partial charge on any atom is 0.235 e. The molecule has 1 aliphatic rings. The topological polar surface area (TPSA) is 87.0 Å². The summed E-state index contributed by atoms with van der Waals surface area (Å²) in [6.07, 6.45) is 5.03. The Balaban J connectivity index is 2.22. The van der Waals surface area contributed by atoms with Gasteiger partial charge in [0.1, 0.15) is 6.33 Å². The van der Waals surface area contributed by atoms with Gasteiger partial charge >= 0.3 is 0 Å². The van der Waals surface area contributed by atoms with Gasteiger partial charge in [-0.05, 0) is 25.7 Å². The standard InChI is InChI=1S/C10H12N4O2/c15-8-6-3-1-2-4-7(6)9(16)14(8)10-11-5-12-13-10/h5,15-16H,1-4H2,(H,11,12,13). The van der Waals surface area contributed by atoms with E-state index in [1.165, 1.54) is 10.9 Å². The summed E-state index contributed by atoms with van der Waals surface area (Å²) >= 11 is 0. The zero-order valence-electron chi connectivity index (χ0n) is 8.64. The van der Waals surface area contributed by atoms with Crippen molar-refractivity contribution in [3.05, 3.63) is 17.5 Å². The molecule has 84 valence electrons. The zero-order valence-corrected chi connectivity index (χ0v) is 8.64. The molecule has 6 nitrogen and oxygen atoms in total. The molecular weight excluding hydrogens is 208 g/mol. The van der Waals surface area contributed by atoms with Gasteiger partial charge in [0, 0.05) is 11.1 Å². The Morgan fingerprint density at radius 2 is 1.75 bits per heavy atom. The average Bonchev–Trinajstić information content (AvgIpc) is 2.89. The molecule has 0 aromatic carbocycles. The van der Waals surface area contributed by atoms with Gasteiger partial charge in [-0.3, -0.25) is 0 Å². The van der Waals surface area contributed by atoms with Crippen LogP contribution in [0.4, 0.5) is 0 Å². The molecule has 6 heteroatoms. The fourth-order valence-corrected chi connectivity index (χ4v) is 2.28. The first-order valence-electron chi connectivity index (χ1n) is 5.29. The predicted molar refractivity (Wildman–Crippen MR) is 55.7 cm³/mol. The zero-order chi connectivity index (χ0) is 11.1. The van der Waals surface area contributed by atoms with Crippen LogP contribution in [-0.4, -0.2) is 30.0 Å². The third-order valence-corrected chi connectivity index (χ3v) is 3.05. The predicted octanol–water partition coefficient (Wildman–Crippen LogP) is 0.885. The van der Waals surface area contributed by atoms with Crippen LogP contribution in [0, 0.1) is 0 Å². The fourth-order valence-electron chi connectivity index (χ4n) is 2.28. The number of aromatic nitrogens is 4. The lowest BCUT2D eigenvalue weighted by Crippen LogP contribution is -1.98. The van der Waals surface area contributed by atoms with E-state index in [-0.39, 0.29) is 11.8 Å². The largest absolute Gasteiger partial charge is 0.494 e. The van der Waals surface area contributed by atoms with Gasteiger partial charge in [-0.25, -0.2) is 9.67 Å². The van der Waals surface area contributed by atoms with Crippen molar-refractivity contribution >= 4 is 0 Å². The molecule has 0 spiro atoms. The van der Waals surface area contributed by atoms with Crippen molar-refractivity contribution in [2.24, 2.45) is 0 Å². The number of hydrogen-bond donors (Lipinski definition) is 3. The molecule has 3 N–H and O–H groups in total. The molecule has 0 fully saturated rings. The van der Waals surface area contributed by atoms with E-state index in [4.69, 9.17) is 0 Å². The lowest BCUT2D eigenvalue weighted by Gasteiger charge is -2.09. The van der Waals surface area contributed by atoms with Gasteiger partial charge in [-0.2, -0.15) is 10.1 Å². The number of rotatable bonds is 1. The molecule has 1 aliphatic carbocycles. The van der Waals surface area contributed by atoms with Crippen LogP contribution in [0.3, 0.4) is 0 Å². The molecule has 0 saturated heterocycles. The highest BCUT2D eigenvalue weighted by Crippen LogP contribution is 2.39. The third-order valence-electron chi connectivity index (χ3n) is 3.05. The molecule has 0 radical (unpaired) electrons. The monoisotopic (exact) mass is 220 g/mol. The molecule has 0 aliphatic heterocycles. The minimum Gasteiger partial charge on any atom is -0.494 e. The number of nitrogens with zero attached hydrogens (tertiary/aromatic N) is 3. The van der Waals surface area contributed by atoms with E-state index < -0.39 is 0 Å². The smallest absolute Gasteiger partial charge is 0.235 e. The van der Waals surface area contributed by atoms with Gasteiger partial charge in [0.2, 0.25) is 17.7 Å². The van der Waals surface area contributed by atoms with Gasteiger partial charge in [0.15, 0.2) is 0 Å². The molecule has 2 aromatic heterocycles. The van der Waals surface area contributed by atoms with E-state index in [1.807, 2.05) is 0 Å².